The van der Waals surface area contributed by atoms with Crippen molar-refractivity contribution < 1.29 is 4.79 Å². The van der Waals surface area contributed by atoms with Gasteiger partial charge >= 0.3 is 6.03 Å². The summed E-state index contributed by atoms with van der Waals surface area (Å²) in [5, 5.41) is 5.82. The minimum Gasteiger partial charge on any atom is -0.338 e. The van der Waals surface area contributed by atoms with Gasteiger partial charge in [0.2, 0.25) is 0 Å². The first-order chi connectivity index (χ1) is 11.8. The number of hydrogen-bond acceptors (Lipinski definition) is 3. The van der Waals surface area contributed by atoms with Gasteiger partial charge in [0.1, 0.15) is 12.1 Å². The number of imidazole rings is 1. The molecule has 0 aliphatic heterocycles. The fourth-order valence-electron chi connectivity index (χ4n) is 2.89. The van der Waals surface area contributed by atoms with Crippen LogP contribution in [0.1, 0.15) is 37.7 Å². The lowest BCUT2D eigenvalue weighted by Gasteiger charge is -2.14. The zero-order valence-corrected chi connectivity index (χ0v) is 13.7. The number of nitrogens with zero attached hydrogens (tertiary/aromatic N) is 3. The Labute approximate surface area is 142 Å². The second kappa shape index (κ2) is 8.29. The molecule has 0 saturated heterocycles. The largest absolute Gasteiger partial charge is 0.338 e. The molecule has 1 aliphatic rings. The minimum atomic E-state index is -0.146. The van der Waals surface area contributed by atoms with E-state index in [1.54, 1.807) is 18.7 Å². The lowest BCUT2D eigenvalue weighted by atomic mass is 9.97. The maximum absolute atomic E-state index is 12.0. The van der Waals surface area contributed by atoms with Crippen molar-refractivity contribution in [1.29, 1.82) is 0 Å². The summed E-state index contributed by atoms with van der Waals surface area (Å²) in [5.74, 6) is 0.780. The van der Waals surface area contributed by atoms with Crippen molar-refractivity contribution in [2.75, 3.05) is 6.54 Å². The Balaban J connectivity index is 1.47. The van der Waals surface area contributed by atoms with Gasteiger partial charge in [-0.3, -0.25) is 4.57 Å². The van der Waals surface area contributed by atoms with Crippen molar-refractivity contribution in [2.45, 2.75) is 38.6 Å². The van der Waals surface area contributed by atoms with Gasteiger partial charge in [-0.15, -0.1) is 0 Å². The van der Waals surface area contributed by atoms with E-state index in [0.717, 1.165) is 17.8 Å². The second-order valence-corrected chi connectivity index (χ2v) is 5.92. The number of carbonyl (C=O) groups excluding carboxylic acids is 1. The molecule has 0 radical (unpaired) electrons. The third-order valence-corrected chi connectivity index (χ3v) is 4.17. The highest BCUT2D eigenvalue weighted by atomic mass is 16.2. The van der Waals surface area contributed by atoms with Crippen molar-refractivity contribution in [3.63, 3.8) is 0 Å². The smallest absolute Gasteiger partial charge is 0.315 e. The van der Waals surface area contributed by atoms with Gasteiger partial charge in [-0.2, -0.15) is 0 Å². The topological polar surface area (TPSA) is 71.8 Å². The van der Waals surface area contributed by atoms with Crippen LogP contribution in [0.4, 0.5) is 4.79 Å². The SMILES string of the molecule is O=C(NCCC1=CCCCC1)NCc1cccnc1-n1ccnc1. The molecule has 0 atom stereocenters. The highest BCUT2D eigenvalue weighted by molar-refractivity contribution is 5.73. The van der Waals surface area contributed by atoms with Crippen molar-refractivity contribution in [3.05, 3.63) is 54.3 Å². The van der Waals surface area contributed by atoms with Crippen LogP contribution >= 0.6 is 0 Å². The van der Waals surface area contributed by atoms with E-state index in [1.807, 2.05) is 22.9 Å². The molecule has 2 amide bonds. The van der Waals surface area contributed by atoms with Gasteiger partial charge in [0, 0.05) is 37.2 Å². The first-order valence-electron chi connectivity index (χ1n) is 8.45. The van der Waals surface area contributed by atoms with E-state index in [0.29, 0.717) is 13.1 Å². The molecule has 0 saturated carbocycles. The molecule has 24 heavy (non-hydrogen) atoms. The number of aromatic nitrogens is 3. The summed E-state index contributed by atoms with van der Waals surface area (Å²) < 4.78 is 1.84. The van der Waals surface area contributed by atoms with Gasteiger partial charge in [-0.1, -0.05) is 17.7 Å². The van der Waals surface area contributed by atoms with Crippen molar-refractivity contribution in [2.24, 2.45) is 0 Å². The number of nitrogens with one attached hydrogen (secondary N) is 2. The Bertz CT molecular complexity index is 693. The number of allylic oxidation sites excluding steroid dienone is 1. The molecule has 0 unspecified atom stereocenters. The number of amides is 2. The number of urea groups is 1. The lowest BCUT2D eigenvalue weighted by molar-refractivity contribution is 0.240. The molecule has 0 fully saturated rings. The van der Waals surface area contributed by atoms with Crippen molar-refractivity contribution in [1.82, 2.24) is 25.2 Å². The monoisotopic (exact) mass is 325 g/mol. The Morgan fingerprint density at radius 2 is 2.21 bits per heavy atom. The van der Waals surface area contributed by atoms with Crippen LogP contribution in [-0.4, -0.2) is 27.1 Å². The average molecular weight is 325 g/mol. The molecule has 1 aliphatic carbocycles. The quantitative estimate of drug-likeness (QED) is 0.802. The van der Waals surface area contributed by atoms with E-state index in [1.165, 1.54) is 31.3 Å². The van der Waals surface area contributed by atoms with Gasteiger partial charge in [-0.05, 0) is 38.2 Å². The summed E-state index contributed by atoms with van der Waals surface area (Å²) in [6, 6.07) is 3.67. The van der Waals surface area contributed by atoms with E-state index >= 15 is 0 Å². The molecular weight excluding hydrogens is 302 g/mol. The number of carbonyl (C=O) groups is 1. The van der Waals surface area contributed by atoms with Crippen LogP contribution in [0.25, 0.3) is 5.82 Å². The van der Waals surface area contributed by atoms with Gasteiger partial charge in [0.15, 0.2) is 0 Å². The molecule has 6 heteroatoms. The summed E-state index contributed by atoms with van der Waals surface area (Å²) in [4.78, 5) is 20.4. The molecule has 0 bridgehead atoms. The summed E-state index contributed by atoms with van der Waals surface area (Å²) in [5.41, 5.74) is 2.41. The van der Waals surface area contributed by atoms with Gasteiger partial charge in [-0.25, -0.2) is 14.8 Å². The fourth-order valence-corrected chi connectivity index (χ4v) is 2.89. The minimum absolute atomic E-state index is 0.146. The molecule has 2 N–H and O–H groups in total. The van der Waals surface area contributed by atoms with Crippen LogP contribution in [0.15, 0.2) is 48.7 Å². The van der Waals surface area contributed by atoms with Crippen molar-refractivity contribution in [3.8, 4) is 5.82 Å². The zero-order chi connectivity index (χ0) is 16.6. The molecule has 2 heterocycles. The Morgan fingerprint density at radius 3 is 3.00 bits per heavy atom. The molecule has 126 valence electrons. The first-order valence-corrected chi connectivity index (χ1v) is 8.45. The average Bonchev–Trinajstić information content (AvgIpc) is 3.16. The second-order valence-electron chi connectivity index (χ2n) is 5.92. The maximum Gasteiger partial charge on any atom is 0.315 e. The van der Waals surface area contributed by atoms with Crippen molar-refractivity contribution >= 4 is 6.03 Å². The molecule has 6 nitrogen and oxygen atoms in total. The molecule has 0 aromatic carbocycles. The third kappa shape index (κ3) is 4.44. The Hall–Kier alpha value is -2.63. The first kappa shape index (κ1) is 16.2. The van der Waals surface area contributed by atoms with E-state index in [9.17, 15) is 4.79 Å². The summed E-state index contributed by atoms with van der Waals surface area (Å²) in [6.07, 6.45) is 15.2. The van der Waals surface area contributed by atoms with Crippen LogP contribution in [0.2, 0.25) is 0 Å². The van der Waals surface area contributed by atoms with Crippen LogP contribution in [-0.2, 0) is 6.54 Å². The fraction of sp³-hybridized carbons (Fsp3) is 0.389. The highest BCUT2D eigenvalue weighted by Crippen LogP contribution is 2.19. The van der Waals surface area contributed by atoms with Crippen LogP contribution in [0.5, 0.6) is 0 Å². The standard InChI is InChI=1S/C18H23N5O/c24-18(21-10-8-15-5-2-1-3-6-15)22-13-16-7-4-9-20-17(16)23-12-11-19-14-23/h4-5,7,9,11-12,14H,1-3,6,8,10,13H2,(H2,21,22,24). The van der Waals surface area contributed by atoms with Crippen LogP contribution in [0, 0.1) is 0 Å². The van der Waals surface area contributed by atoms with Crippen LogP contribution in [0.3, 0.4) is 0 Å². The molecule has 2 aromatic rings. The number of hydrogen-bond donors (Lipinski definition) is 2. The zero-order valence-electron chi connectivity index (χ0n) is 13.7. The Kier molecular flexibility index (Phi) is 5.61. The molecule has 3 rings (SSSR count). The normalized spacial score (nSPS) is 14.1. The summed E-state index contributed by atoms with van der Waals surface area (Å²) in [6.45, 7) is 1.11. The van der Waals surface area contributed by atoms with Gasteiger partial charge in [0.25, 0.3) is 0 Å². The predicted molar refractivity (Wildman–Crippen MR) is 92.8 cm³/mol. The van der Waals surface area contributed by atoms with Gasteiger partial charge in [0.05, 0.1) is 0 Å². The third-order valence-electron chi connectivity index (χ3n) is 4.17. The van der Waals surface area contributed by atoms with E-state index in [-0.39, 0.29) is 6.03 Å². The number of pyridine rings is 1. The predicted octanol–water partition coefficient (Wildman–Crippen LogP) is 2.96. The summed E-state index contributed by atoms with van der Waals surface area (Å²) >= 11 is 0. The molecular formula is C18H23N5O. The maximum atomic E-state index is 12.0. The Morgan fingerprint density at radius 1 is 1.25 bits per heavy atom. The molecule has 0 spiro atoms. The number of rotatable bonds is 6. The van der Waals surface area contributed by atoms with Crippen LogP contribution < -0.4 is 10.6 Å². The van der Waals surface area contributed by atoms with E-state index < -0.39 is 0 Å². The van der Waals surface area contributed by atoms with E-state index in [2.05, 4.69) is 26.7 Å². The van der Waals surface area contributed by atoms with Gasteiger partial charge < -0.3 is 10.6 Å². The lowest BCUT2D eigenvalue weighted by Crippen LogP contribution is -2.36. The van der Waals surface area contributed by atoms with E-state index in [4.69, 9.17) is 0 Å². The highest BCUT2D eigenvalue weighted by Gasteiger charge is 2.08. The molecule has 2 aromatic heterocycles. The summed E-state index contributed by atoms with van der Waals surface area (Å²) in [7, 11) is 0.